The summed E-state index contributed by atoms with van der Waals surface area (Å²) in [6.07, 6.45) is 1.42. The lowest BCUT2D eigenvalue weighted by Crippen LogP contribution is -2.07. The van der Waals surface area contributed by atoms with Crippen molar-refractivity contribution < 1.29 is 4.74 Å². The summed E-state index contributed by atoms with van der Waals surface area (Å²) in [5.74, 6) is 1.97. The van der Waals surface area contributed by atoms with Gasteiger partial charge in [0.15, 0.2) is 5.82 Å². The fourth-order valence-electron chi connectivity index (χ4n) is 2.45. The highest BCUT2D eigenvalue weighted by molar-refractivity contribution is 6.31. The van der Waals surface area contributed by atoms with Crippen LogP contribution in [0.4, 0.5) is 11.5 Å². The van der Waals surface area contributed by atoms with Gasteiger partial charge >= 0.3 is 0 Å². The smallest absolute Gasteiger partial charge is 0.248 e. The van der Waals surface area contributed by atoms with Gasteiger partial charge in [0.05, 0.1) is 0 Å². The molecule has 5 nitrogen and oxygen atoms in total. The van der Waals surface area contributed by atoms with Gasteiger partial charge in [0.25, 0.3) is 0 Å². The number of anilines is 2. The fourth-order valence-corrected chi connectivity index (χ4v) is 2.66. The third kappa shape index (κ3) is 4.24. The third-order valence-electron chi connectivity index (χ3n) is 4.01. The molecule has 134 valence electrons. The van der Waals surface area contributed by atoms with E-state index in [1.807, 2.05) is 48.5 Å². The zero-order valence-electron chi connectivity index (χ0n) is 14.7. The topological polar surface area (TPSA) is 73.1 Å². The Morgan fingerprint density at radius 1 is 1.08 bits per heavy atom. The number of nitrogens with two attached hydrogens (primary N) is 1. The van der Waals surface area contributed by atoms with Gasteiger partial charge in [-0.1, -0.05) is 55.8 Å². The predicted octanol–water partition coefficient (Wildman–Crippen LogP) is 5.24. The van der Waals surface area contributed by atoms with Crippen LogP contribution in [0.2, 0.25) is 5.02 Å². The highest BCUT2D eigenvalue weighted by Crippen LogP contribution is 2.30. The molecule has 0 aliphatic rings. The molecule has 3 rings (SSSR count). The molecule has 0 aliphatic heterocycles. The van der Waals surface area contributed by atoms with E-state index < -0.39 is 0 Å². The highest BCUT2D eigenvalue weighted by Gasteiger charge is 2.11. The number of aromatic nitrogens is 2. The molecule has 0 fully saturated rings. The van der Waals surface area contributed by atoms with Gasteiger partial charge in [0.2, 0.25) is 5.88 Å². The summed E-state index contributed by atoms with van der Waals surface area (Å²) in [7, 11) is 0. The largest absolute Gasteiger partial charge is 0.437 e. The summed E-state index contributed by atoms with van der Waals surface area (Å²) in [4.78, 5) is 8.33. The van der Waals surface area contributed by atoms with Crippen molar-refractivity contribution in [2.45, 2.75) is 26.3 Å². The van der Waals surface area contributed by atoms with Crippen molar-refractivity contribution in [2.75, 3.05) is 11.1 Å². The molecule has 3 N–H and O–H groups in total. The molecule has 0 radical (unpaired) electrons. The Balaban J connectivity index is 1.73. The lowest BCUT2D eigenvalue weighted by atomic mass is 10.0. The average Bonchev–Trinajstić information content (AvgIpc) is 2.64. The molecule has 1 aromatic heterocycles. The van der Waals surface area contributed by atoms with E-state index in [1.54, 1.807) is 0 Å². The number of benzene rings is 2. The van der Waals surface area contributed by atoms with Crippen molar-refractivity contribution in [1.29, 1.82) is 0 Å². The minimum atomic E-state index is 0.318. The Labute approximate surface area is 158 Å². The van der Waals surface area contributed by atoms with E-state index in [1.165, 1.54) is 11.9 Å². The van der Waals surface area contributed by atoms with Gasteiger partial charge in [-0.3, -0.25) is 0 Å². The average molecular weight is 369 g/mol. The van der Waals surface area contributed by atoms with Gasteiger partial charge in [0.1, 0.15) is 17.8 Å². The summed E-state index contributed by atoms with van der Waals surface area (Å²) >= 11 is 6.18. The molecular weight excluding hydrogens is 348 g/mol. The number of halogens is 1. The van der Waals surface area contributed by atoms with Crippen LogP contribution in [0.3, 0.4) is 0 Å². The van der Waals surface area contributed by atoms with Crippen molar-refractivity contribution in [3.05, 3.63) is 71.0 Å². The fraction of sp³-hybridized carbons (Fsp3) is 0.200. The van der Waals surface area contributed by atoms with Crippen LogP contribution in [0, 0.1) is 0 Å². The van der Waals surface area contributed by atoms with E-state index in [0.29, 0.717) is 40.6 Å². The van der Waals surface area contributed by atoms with E-state index >= 15 is 0 Å². The molecular formula is C20H21ClN4O. The maximum atomic E-state index is 6.18. The summed E-state index contributed by atoms with van der Waals surface area (Å²) in [5, 5.41) is 3.87. The van der Waals surface area contributed by atoms with E-state index in [9.17, 15) is 0 Å². The van der Waals surface area contributed by atoms with Crippen LogP contribution in [-0.2, 0) is 6.54 Å². The van der Waals surface area contributed by atoms with Crippen LogP contribution in [0.1, 0.15) is 30.9 Å². The second-order valence-corrected chi connectivity index (χ2v) is 6.62. The van der Waals surface area contributed by atoms with Gasteiger partial charge < -0.3 is 15.8 Å². The first-order valence-electron chi connectivity index (χ1n) is 8.40. The second kappa shape index (κ2) is 8.06. The zero-order chi connectivity index (χ0) is 18.5. The Morgan fingerprint density at radius 2 is 1.81 bits per heavy atom. The molecule has 0 unspecified atom stereocenters. The lowest BCUT2D eigenvalue weighted by molar-refractivity contribution is 0.464. The van der Waals surface area contributed by atoms with Crippen molar-refractivity contribution >= 4 is 23.1 Å². The third-order valence-corrected chi connectivity index (χ3v) is 4.38. The van der Waals surface area contributed by atoms with Crippen LogP contribution >= 0.6 is 11.6 Å². The second-order valence-electron chi connectivity index (χ2n) is 6.21. The predicted molar refractivity (Wildman–Crippen MR) is 106 cm³/mol. The Kier molecular flexibility index (Phi) is 5.58. The monoisotopic (exact) mass is 368 g/mol. The molecule has 0 aliphatic carbocycles. The van der Waals surface area contributed by atoms with Crippen molar-refractivity contribution in [2.24, 2.45) is 0 Å². The van der Waals surface area contributed by atoms with Crippen LogP contribution in [0.5, 0.6) is 11.6 Å². The van der Waals surface area contributed by atoms with Gasteiger partial charge in [0, 0.05) is 11.6 Å². The van der Waals surface area contributed by atoms with Gasteiger partial charge in [-0.25, -0.2) is 4.98 Å². The van der Waals surface area contributed by atoms with Crippen molar-refractivity contribution in [3.63, 3.8) is 0 Å². The first-order chi connectivity index (χ1) is 12.5. The molecule has 0 saturated carbocycles. The molecule has 1 heterocycles. The number of nitrogens with one attached hydrogen (secondary N) is 1. The lowest BCUT2D eigenvalue weighted by Gasteiger charge is -2.13. The van der Waals surface area contributed by atoms with Crippen LogP contribution in [-0.4, -0.2) is 9.97 Å². The summed E-state index contributed by atoms with van der Waals surface area (Å²) in [5.41, 5.74) is 8.72. The first kappa shape index (κ1) is 18.0. The number of ether oxygens (including phenoxy) is 1. The van der Waals surface area contributed by atoms with E-state index in [0.717, 1.165) is 5.56 Å². The molecule has 0 atom stereocenters. The quantitative estimate of drug-likeness (QED) is 0.622. The Hall–Kier alpha value is -2.79. The van der Waals surface area contributed by atoms with Crippen molar-refractivity contribution in [3.8, 4) is 11.6 Å². The van der Waals surface area contributed by atoms with Gasteiger partial charge in [-0.2, -0.15) is 4.98 Å². The molecule has 2 aromatic carbocycles. The Bertz CT molecular complexity index is 881. The number of nitrogen functional groups attached to an aromatic ring is 1. The SMILES string of the molecule is CC(C)c1ccc(Oc2ncnc(NCc3ccccc3Cl)c2N)cc1. The summed E-state index contributed by atoms with van der Waals surface area (Å²) in [6, 6.07) is 15.5. The molecule has 3 aromatic rings. The number of rotatable bonds is 6. The molecule has 26 heavy (non-hydrogen) atoms. The maximum Gasteiger partial charge on any atom is 0.248 e. The Morgan fingerprint density at radius 3 is 2.50 bits per heavy atom. The zero-order valence-corrected chi connectivity index (χ0v) is 15.5. The molecule has 0 bridgehead atoms. The van der Waals surface area contributed by atoms with Crippen molar-refractivity contribution in [1.82, 2.24) is 9.97 Å². The number of hydrogen-bond donors (Lipinski definition) is 2. The van der Waals surface area contributed by atoms with Crippen LogP contribution in [0.15, 0.2) is 54.9 Å². The molecule has 0 amide bonds. The molecule has 6 heteroatoms. The van der Waals surface area contributed by atoms with E-state index in [4.69, 9.17) is 22.1 Å². The van der Waals surface area contributed by atoms with Gasteiger partial charge in [-0.05, 0) is 35.2 Å². The molecule has 0 spiro atoms. The standard InChI is InChI=1S/C20H21ClN4O/c1-13(2)14-7-9-16(10-8-14)26-20-18(22)19(24-12-25-20)23-11-15-5-3-4-6-17(15)21/h3-10,12-13H,11,22H2,1-2H3,(H,23,24,25). The minimum absolute atomic E-state index is 0.318. The molecule has 0 saturated heterocycles. The van der Waals surface area contributed by atoms with Crippen LogP contribution in [0.25, 0.3) is 0 Å². The minimum Gasteiger partial charge on any atom is -0.437 e. The summed E-state index contributed by atoms with van der Waals surface area (Å²) < 4.78 is 5.82. The maximum absolute atomic E-state index is 6.18. The number of hydrogen-bond acceptors (Lipinski definition) is 5. The summed E-state index contributed by atoms with van der Waals surface area (Å²) in [6.45, 7) is 4.80. The highest BCUT2D eigenvalue weighted by atomic mass is 35.5. The van der Waals surface area contributed by atoms with Gasteiger partial charge in [-0.15, -0.1) is 0 Å². The first-order valence-corrected chi connectivity index (χ1v) is 8.78. The van der Waals surface area contributed by atoms with E-state index in [2.05, 4.69) is 29.1 Å². The van der Waals surface area contributed by atoms with Crippen LogP contribution < -0.4 is 15.8 Å². The number of nitrogens with zero attached hydrogens (tertiary/aromatic N) is 2. The van der Waals surface area contributed by atoms with E-state index in [-0.39, 0.29) is 0 Å². The normalized spacial score (nSPS) is 10.8.